The number of amides is 3. The molecule has 1 atom stereocenters. The van der Waals surface area contributed by atoms with Gasteiger partial charge in [-0.15, -0.1) is 11.8 Å². The number of nitrogens with one attached hydrogen (secondary N) is 1. The summed E-state index contributed by atoms with van der Waals surface area (Å²) < 4.78 is 28.9. The Hall–Kier alpha value is -3.39. The number of benzene rings is 3. The van der Waals surface area contributed by atoms with Crippen molar-refractivity contribution in [2.24, 2.45) is 0 Å². The minimum Gasteiger partial charge on any atom is -0.308 e. The van der Waals surface area contributed by atoms with Crippen LogP contribution in [0.1, 0.15) is 22.3 Å². The highest BCUT2D eigenvalue weighted by atomic mass is 32.2. The van der Waals surface area contributed by atoms with Gasteiger partial charge in [0, 0.05) is 29.1 Å². The average Bonchev–Trinajstić information content (AvgIpc) is 3.35. The van der Waals surface area contributed by atoms with E-state index in [-0.39, 0.29) is 18.0 Å². The van der Waals surface area contributed by atoms with Gasteiger partial charge in [0.2, 0.25) is 0 Å². The van der Waals surface area contributed by atoms with Crippen LogP contribution in [0.4, 0.5) is 25.0 Å². The van der Waals surface area contributed by atoms with Gasteiger partial charge in [-0.2, -0.15) is 0 Å². The van der Waals surface area contributed by atoms with Crippen LogP contribution < -0.4 is 10.2 Å². The molecule has 3 aromatic carbocycles. The third-order valence-electron chi connectivity index (χ3n) is 6.27. The van der Waals surface area contributed by atoms with Crippen LogP contribution in [0, 0.1) is 25.5 Å². The Morgan fingerprint density at radius 2 is 1.71 bits per heavy atom. The first-order chi connectivity index (χ1) is 16.3. The van der Waals surface area contributed by atoms with Crippen LogP contribution in [0.25, 0.3) is 0 Å². The SMILES string of the molecule is Cc1ccc(NC(=O)N2CCS[C@@]23C(=O)N(Cc2c(F)cccc2F)c2ccc(C)cc23)cc1. The summed E-state index contributed by atoms with van der Waals surface area (Å²) in [5.74, 6) is -1.24. The second-order valence-corrected chi connectivity index (χ2v) is 9.84. The predicted molar refractivity (Wildman–Crippen MR) is 130 cm³/mol. The number of anilines is 2. The molecule has 174 valence electrons. The van der Waals surface area contributed by atoms with Gasteiger partial charge in [-0.05, 0) is 44.2 Å². The van der Waals surface area contributed by atoms with Crippen LogP contribution in [-0.2, 0) is 16.2 Å². The molecular weight excluding hydrogens is 456 g/mol. The Kier molecular flexibility index (Phi) is 5.56. The number of rotatable bonds is 3. The fraction of sp³-hybridized carbons (Fsp3) is 0.231. The Morgan fingerprint density at radius 3 is 2.41 bits per heavy atom. The maximum Gasteiger partial charge on any atom is 0.323 e. The molecule has 2 aliphatic rings. The summed E-state index contributed by atoms with van der Waals surface area (Å²) in [7, 11) is 0. The van der Waals surface area contributed by atoms with Crippen molar-refractivity contribution in [1.82, 2.24) is 4.90 Å². The average molecular weight is 480 g/mol. The van der Waals surface area contributed by atoms with Gasteiger partial charge < -0.3 is 10.2 Å². The van der Waals surface area contributed by atoms with E-state index in [0.29, 0.717) is 29.2 Å². The molecule has 1 spiro atoms. The highest BCUT2D eigenvalue weighted by molar-refractivity contribution is 8.01. The van der Waals surface area contributed by atoms with Crippen molar-refractivity contribution < 1.29 is 18.4 Å². The number of nitrogens with zero attached hydrogens (tertiary/aromatic N) is 2. The summed E-state index contributed by atoms with van der Waals surface area (Å²) >= 11 is 1.37. The van der Waals surface area contributed by atoms with Crippen LogP contribution in [0.2, 0.25) is 0 Å². The summed E-state index contributed by atoms with van der Waals surface area (Å²) in [6.07, 6.45) is 0. The molecule has 2 aliphatic heterocycles. The maximum absolute atomic E-state index is 14.5. The van der Waals surface area contributed by atoms with Gasteiger partial charge in [-0.25, -0.2) is 13.6 Å². The Bertz CT molecular complexity index is 1280. The third kappa shape index (κ3) is 3.53. The lowest BCUT2D eigenvalue weighted by atomic mass is 10.0. The molecule has 3 amide bonds. The van der Waals surface area contributed by atoms with E-state index in [1.807, 2.05) is 50.2 Å². The molecule has 1 fully saturated rings. The minimum absolute atomic E-state index is 0.182. The summed E-state index contributed by atoms with van der Waals surface area (Å²) in [6, 6.07) is 16.2. The smallest absolute Gasteiger partial charge is 0.308 e. The molecule has 0 aromatic heterocycles. The minimum atomic E-state index is -1.29. The van der Waals surface area contributed by atoms with Gasteiger partial charge in [0.05, 0.1) is 12.2 Å². The van der Waals surface area contributed by atoms with Crippen molar-refractivity contribution in [3.8, 4) is 0 Å². The topological polar surface area (TPSA) is 52.7 Å². The second-order valence-electron chi connectivity index (χ2n) is 8.55. The Balaban J connectivity index is 1.55. The van der Waals surface area contributed by atoms with Crippen molar-refractivity contribution in [3.63, 3.8) is 0 Å². The lowest BCUT2D eigenvalue weighted by Gasteiger charge is -2.33. The zero-order chi connectivity index (χ0) is 24.0. The quantitative estimate of drug-likeness (QED) is 0.535. The number of carbonyl (C=O) groups excluding carboxylic acids is 2. The number of fused-ring (bicyclic) bond motifs is 2. The lowest BCUT2D eigenvalue weighted by molar-refractivity contribution is -0.123. The van der Waals surface area contributed by atoms with Gasteiger partial charge in [0.25, 0.3) is 5.91 Å². The monoisotopic (exact) mass is 479 g/mol. The molecule has 5 nitrogen and oxygen atoms in total. The summed E-state index contributed by atoms with van der Waals surface area (Å²) in [6.45, 7) is 3.97. The zero-order valence-corrected chi connectivity index (χ0v) is 19.6. The molecule has 0 radical (unpaired) electrons. The van der Waals surface area contributed by atoms with Crippen molar-refractivity contribution in [2.45, 2.75) is 25.3 Å². The molecule has 1 N–H and O–H groups in total. The first kappa shape index (κ1) is 22.4. The number of thioether (sulfide) groups is 1. The van der Waals surface area contributed by atoms with Gasteiger partial charge in [-0.1, -0.05) is 41.5 Å². The fourth-order valence-corrected chi connectivity index (χ4v) is 6.01. The summed E-state index contributed by atoms with van der Waals surface area (Å²) in [5.41, 5.74) is 3.66. The lowest BCUT2D eigenvalue weighted by Crippen LogP contribution is -2.51. The van der Waals surface area contributed by atoms with E-state index in [4.69, 9.17) is 0 Å². The molecule has 0 aliphatic carbocycles. The number of urea groups is 1. The van der Waals surface area contributed by atoms with E-state index in [2.05, 4.69) is 5.32 Å². The molecule has 5 rings (SSSR count). The van der Waals surface area contributed by atoms with Gasteiger partial charge >= 0.3 is 6.03 Å². The molecule has 34 heavy (non-hydrogen) atoms. The molecule has 0 unspecified atom stereocenters. The van der Waals surface area contributed by atoms with Crippen LogP contribution in [0.5, 0.6) is 0 Å². The zero-order valence-electron chi connectivity index (χ0n) is 18.8. The van der Waals surface area contributed by atoms with E-state index in [1.54, 1.807) is 6.07 Å². The molecule has 3 aromatic rings. The van der Waals surface area contributed by atoms with E-state index >= 15 is 0 Å². The number of aryl methyl sites for hydroxylation is 2. The van der Waals surface area contributed by atoms with Crippen LogP contribution in [0.3, 0.4) is 0 Å². The normalized spacial score (nSPS) is 19.1. The summed E-state index contributed by atoms with van der Waals surface area (Å²) in [4.78, 5) is 29.0. The first-order valence-electron chi connectivity index (χ1n) is 11.0. The van der Waals surface area contributed by atoms with Gasteiger partial charge in [0.15, 0.2) is 4.87 Å². The van der Waals surface area contributed by atoms with E-state index in [9.17, 15) is 18.4 Å². The van der Waals surface area contributed by atoms with Crippen molar-refractivity contribution in [1.29, 1.82) is 0 Å². The number of carbonyl (C=O) groups is 2. The molecule has 0 saturated carbocycles. The van der Waals surface area contributed by atoms with Crippen molar-refractivity contribution >= 4 is 35.1 Å². The van der Waals surface area contributed by atoms with Crippen LogP contribution in [-0.4, -0.2) is 29.1 Å². The maximum atomic E-state index is 14.5. The highest BCUT2D eigenvalue weighted by Crippen LogP contribution is 2.54. The highest BCUT2D eigenvalue weighted by Gasteiger charge is 2.59. The largest absolute Gasteiger partial charge is 0.323 e. The van der Waals surface area contributed by atoms with Crippen molar-refractivity contribution in [3.05, 3.63) is 94.6 Å². The summed E-state index contributed by atoms with van der Waals surface area (Å²) in [5, 5.41) is 2.89. The number of hydrogen-bond donors (Lipinski definition) is 1. The Morgan fingerprint density at radius 1 is 1.03 bits per heavy atom. The number of hydrogen-bond acceptors (Lipinski definition) is 3. The van der Waals surface area contributed by atoms with Crippen molar-refractivity contribution in [2.75, 3.05) is 22.5 Å². The van der Waals surface area contributed by atoms with Crippen LogP contribution >= 0.6 is 11.8 Å². The molecule has 2 heterocycles. The van der Waals surface area contributed by atoms with E-state index < -0.39 is 22.5 Å². The molecule has 8 heteroatoms. The van der Waals surface area contributed by atoms with E-state index in [1.165, 1.54) is 39.8 Å². The first-order valence-corrected chi connectivity index (χ1v) is 11.9. The van der Waals surface area contributed by atoms with Gasteiger partial charge in [-0.3, -0.25) is 9.69 Å². The van der Waals surface area contributed by atoms with Crippen LogP contribution in [0.15, 0.2) is 60.7 Å². The molecular formula is C26H23F2N3O2S. The number of halogens is 2. The van der Waals surface area contributed by atoms with E-state index in [0.717, 1.165) is 11.1 Å². The molecule has 1 saturated heterocycles. The molecule has 0 bridgehead atoms. The Labute approximate surface area is 200 Å². The predicted octanol–water partition coefficient (Wildman–Crippen LogP) is 5.56. The second kappa shape index (κ2) is 8.43. The standard InChI is InChI=1S/C26H23F2N3O2S/c1-16-6-9-18(10-7-16)29-25(33)31-12-13-34-26(31)20-14-17(2)8-11-23(20)30(24(26)32)15-19-21(27)4-3-5-22(19)28/h3-11,14H,12-13,15H2,1-2H3,(H,29,33)/t26-/m0/s1. The van der Waals surface area contributed by atoms with Gasteiger partial charge in [0.1, 0.15) is 11.6 Å². The fourth-order valence-electron chi connectivity index (χ4n) is 4.56. The third-order valence-corrected chi connectivity index (χ3v) is 7.69.